The first kappa shape index (κ1) is 14.1. The fourth-order valence-electron chi connectivity index (χ4n) is 2.75. The normalized spacial score (nSPS) is 20.8. The van der Waals surface area contributed by atoms with Crippen molar-refractivity contribution in [3.8, 4) is 5.75 Å². The molecule has 2 N–H and O–H groups in total. The molecule has 2 heterocycles. The Kier molecular flexibility index (Phi) is 4.13. The van der Waals surface area contributed by atoms with Gasteiger partial charge in [-0.05, 0) is 40.8 Å². The molecule has 2 fully saturated rings. The largest absolute Gasteiger partial charge is 0.507 e. The van der Waals surface area contributed by atoms with Crippen LogP contribution in [-0.4, -0.2) is 66.1 Å². The van der Waals surface area contributed by atoms with Gasteiger partial charge in [0.05, 0.1) is 5.56 Å². The van der Waals surface area contributed by atoms with Crippen LogP contribution in [0.3, 0.4) is 0 Å². The Morgan fingerprint density at radius 3 is 2.70 bits per heavy atom. The number of benzene rings is 1. The van der Waals surface area contributed by atoms with E-state index in [9.17, 15) is 9.90 Å². The maximum atomic E-state index is 12.4. The summed E-state index contributed by atoms with van der Waals surface area (Å²) in [6, 6.07) is 5.61. The minimum Gasteiger partial charge on any atom is -0.507 e. The molecule has 5 nitrogen and oxygen atoms in total. The van der Waals surface area contributed by atoms with Gasteiger partial charge in [-0.2, -0.15) is 0 Å². The fraction of sp³-hybridized carbons (Fsp3) is 0.500. The van der Waals surface area contributed by atoms with Gasteiger partial charge in [-0.15, -0.1) is 0 Å². The third-order valence-electron chi connectivity index (χ3n) is 4.01. The Bertz CT molecular complexity index is 511. The predicted molar refractivity (Wildman–Crippen MR) is 85.0 cm³/mol. The molecule has 1 aromatic rings. The summed E-state index contributed by atoms with van der Waals surface area (Å²) in [7, 11) is 0. The first-order chi connectivity index (χ1) is 9.65. The first-order valence-corrected chi connectivity index (χ1v) is 7.95. The van der Waals surface area contributed by atoms with Crippen LogP contribution in [0.25, 0.3) is 0 Å². The third-order valence-corrected chi connectivity index (χ3v) is 4.68. The summed E-state index contributed by atoms with van der Waals surface area (Å²) in [5.41, 5.74) is 0.413. The molecule has 2 aliphatic heterocycles. The highest BCUT2D eigenvalue weighted by atomic mass is 127. The van der Waals surface area contributed by atoms with E-state index in [-0.39, 0.29) is 11.7 Å². The molecular weight excluding hydrogens is 369 g/mol. The van der Waals surface area contributed by atoms with Crippen molar-refractivity contribution in [1.82, 2.24) is 15.1 Å². The van der Waals surface area contributed by atoms with Gasteiger partial charge in [-0.3, -0.25) is 9.69 Å². The summed E-state index contributed by atoms with van der Waals surface area (Å²) in [6.45, 7) is 5.71. The van der Waals surface area contributed by atoms with Gasteiger partial charge in [0, 0.05) is 48.9 Å². The maximum absolute atomic E-state index is 12.4. The number of aromatic hydroxyl groups is 1. The summed E-state index contributed by atoms with van der Waals surface area (Å²) in [6.07, 6.45) is 0. The molecule has 0 atom stereocenters. The van der Waals surface area contributed by atoms with Gasteiger partial charge in [-0.1, -0.05) is 0 Å². The monoisotopic (exact) mass is 387 g/mol. The van der Waals surface area contributed by atoms with E-state index in [2.05, 4.69) is 32.8 Å². The van der Waals surface area contributed by atoms with E-state index in [1.807, 2.05) is 4.90 Å². The molecule has 0 radical (unpaired) electrons. The number of carbonyl (C=O) groups excluding carboxylic acids is 1. The Hall–Kier alpha value is -0.860. The quantitative estimate of drug-likeness (QED) is 0.735. The zero-order valence-electron chi connectivity index (χ0n) is 11.2. The van der Waals surface area contributed by atoms with Crippen molar-refractivity contribution in [2.24, 2.45) is 0 Å². The molecule has 0 spiro atoms. The summed E-state index contributed by atoms with van der Waals surface area (Å²) >= 11 is 2.15. The second-order valence-electron chi connectivity index (χ2n) is 5.31. The van der Waals surface area contributed by atoms with E-state index in [1.165, 1.54) is 0 Å². The van der Waals surface area contributed by atoms with E-state index in [0.29, 0.717) is 11.6 Å². The van der Waals surface area contributed by atoms with Crippen molar-refractivity contribution in [1.29, 1.82) is 0 Å². The number of hydrogen-bond donors (Lipinski definition) is 2. The van der Waals surface area contributed by atoms with Crippen LogP contribution >= 0.6 is 22.6 Å². The van der Waals surface area contributed by atoms with Gasteiger partial charge in [-0.25, -0.2) is 0 Å². The van der Waals surface area contributed by atoms with Crippen molar-refractivity contribution in [3.63, 3.8) is 0 Å². The SMILES string of the molecule is O=C(c1cc(I)ccc1O)N1CC(N2CCNCC2)C1. The zero-order chi connectivity index (χ0) is 14.1. The lowest BCUT2D eigenvalue weighted by atomic mass is 10.0. The number of amides is 1. The highest BCUT2D eigenvalue weighted by molar-refractivity contribution is 14.1. The number of halogens is 1. The van der Waals surface area contributed by atoms with E-state index in [0.717, 1.165) is 42.8 Å². The van der Waals surface area contributed by atoms with Crippen LogP contribution in [-0.2, 0) is 0 Å². The first-order valence-electron chi connectivity index (χ1n) is 6.88. The number of nitrogens with one attached hydrogen (secondary N) is 1. The summed E-state index contributed by atoms with van der Waals surface area (Å²) in [5, 5.41) is 13.2. The molecule has 0 unspecified atom stereocenters. The van der Waals surface area contributed by atoms with Crippen LogP contribution in [0.4, 0.5) is 0 Å². The molecule has 6 heteroatoms. The minimum absolute atomic E-state index is 0.0626. The van der Waals surface area contributed by atoms with Gasteiger partial charge < -0.3 is 15.3 Å². The number of nitrogens with zero attached hydrogens (tertiary/aromatic N) is 2. The van der Waals surface area contributed by atoms with Crippen molar-refractivity contribution in [2.45, 2.75) is 6.04 Å². The fourth-order valence-corrected chi connectivity index (χ4v) is 3.24. The van der Waals surface area contributed by atoms with Gasteiger partial charge in [0.25, 0.3) is 5.91 Å². The Labute approximate surface area is 132 Å². The lowest BCUT2D eigenvalue weighted by Gasteiger charge is -2.46. The highest BCUT2D eigenvalue weighted by Crippen LogP contribution is 2.25. The molecule has 1 aromatic carbocycles. The molecule has 0 bridgehead atoms. The summed E-state index contributed by atoms with van der Waals surface area (Å²) < 4.78 is 0.961. The van der Waals surface area contributed by atoms with Gasteiger partial charge in [0.1, 0.15) is 5.75 Å². The van der Waals surface area contributed by atoms with Crippen molar-refractivity contribution in [3.05, 3.63) is 27.3 Å². The number of piperazine rings is 1. The lowest BCUT2D eigenvalue weighted by Crippen LogP contribution is -2.63. The lowest BCUT2D eigenvalue weighted by molar-refractivity contribution is 0.0225. The Balaban J connectivity index is 1.61. The molecule has 0 saturated carbocycles. The van der Waals surface area contributed by atoms with Gasteiger partial charge in [0.15, 0.2) is 0 Å². The second kappa shape index (κ2) is 5.87. The summed E-state index contributed by atoms with van der Waals surface area (Å²) in [5.74, 6) is 0.00781. The van der Waals surface area contributed by atoms with Crippen molar-refractivity contribution >= 4 is 28.5 Å². The molecule has 1 amide bonds. The molecule has 3 rings (SSSR count). The number of rotatable bonds is 2. The number of carbonyl (C=O) groups is 1. The molecule has 2 aliphatic rings. The van der Waals surface area contributed by atoms with Crippen LogP contribution in [0.15, 0.2) is 18.2 Å². The highest BCUT2D eigenvalue weighted by Gasteiger charge is 2.36. The van der Waals surface area contributed by atoms with Crippen molar-refractivity contribution in [2.75, 3.05) is 39.3 Å². The molecule has 2 saturated heterocycles. The standard InChI is InChI=1S/C14H18IN3O2/c15-10-1-2-13(19)12(7-10)14(20)18-8-11(9-18)17-5-3-16-4-6-17/h1-2,7,11,16,19H,3-6,8-9H2. The minimum atomic E-state index is -0.0626. The maximum Gasteiger partial charge on any atom is 0.257 e. The topological polar surface area (TPSA) is 55.8 Å². The molecule has 20 heavy (non-hydrogen) atoms. The average molecular weight is 387 g/mol. The number of phenols is 1. The van der Waals surface area contributed by atoms with Crippen molar-refractivity contribution < 1.29 is 9.90 Å². The van der Waals surface area contributed by atoms with E-state index < -0.39 is 0 Å². The summed E-state index contributed by atoms with van der Waals surface area (Å²) in [4.78, 5) is 16.6. The third kappa shape index (κ3) is 2.77. The van der Waals surface area contributed by atoms with Crippen LogP contribution in [0.5, 0.6) is 5.75 Å². The molecule has 0 aliphatic carbocycles. The Morgan fingerprint density at radius 1 is 1.30 bits per heavy atom. The second-order valence-corrected chi connectivity index (χ2v) is 6.56. The molecule has 108 valence electrons. The number of phenolic OH excluding ortho intramolecular Hbond substituents is 1. The van der Waals surface area contributed by atoms with E-state index in [4.69, 9.17) is 0 Å². The van der Waals surface area contributed by atoms with Crippen LogP contribution in [0.1, 0.15) is 10.4 Å². The van der Waals surface area contributed by atoms with E-state index >= 15 is 0 Å². The predicted octanol–water partition coefficient (Wildman–Crippen LogP) is 0.726. The van der Waals surface area contributed by atoms with Crippen LogP contribution in [0, 0.1) is 3.57 Å². The van der Waals surface area contributed by atoms with Gasteiger partial charge >= 0.3 is 0 Å². The van der Waals surface area contributed by atoms with E-state index in [1.54, 1.807) is 18.2 Å². The van der Waals surface area contributed by atoms with Crippen LogP contribution in [0.2, 0.25) is 0 Å². The number of likely N-dealkylation sites (tertiary alicyclic amines) is 1. The average Bonchev–Trinajstić information content (AvgIpc) is 2.41. The smallest absolute Gasteiger partial charge is 0.257 e. The van der Waals surface area contributed by atoms with Gasteiger partial charge in [0.2, 0.25) is 0 Å². The molecule has 0 aromatic heterocycles. The zero-order valence-corrected chi connectivity index (χ0v) is 13.3. The molecular formula is C14H18IN3O2. The van der Waals surface area contributed by atoms with Crippen LogP contribution < -0.4 is 5.32 Å². The number of hydrogen-bond acceptors (Lipinski definition) is 4. The Morgan fingerprint density at radius 2 is 2.00 bits per heavy atom.